The van der Waals surface area contributed by atoms with Crippen molar-refractivity contribution in [2.75, 3.05) is 6.61 Å². The van der Waals surface area contributed by atoms with E-state index in [9.17, 15) is 5.11 Å². The van der Waals surface area contributed by atoms with Gasteiger partial charge in [0.15, 0.2) is 0 Å². The Labute approximate surface area is 112 Å². The highest BCUT2D eigenvalue weighted by molar-refractivity contribution is 9.11. The minimum absolute atomic E-state index is 0.143. The van der Waals surface area contributed by atoms with Crippen LogP contribution in [-0.4, -0.2) is 21.7 Å². The van der Waals surface area contributed by atoms with Crippen molar-refractivity contribution in [3.8, 4) is 10.6 Å². The van der Waals surface area contributed by atoms with Gasteiger partial charge in [0.25, 0.3) is 0 Å². The highest BCUT2D eigenvalue weighted by atomic mass is 79.9. The molecule has 0 saturated heterocycles. The van der Waals surface area contributed by atoms with E-state index >= 15 is 0 Å². The zero-order valence-corrected chi connectivity index (χ0v) is 11.5. The molecule has 1 fully saturated rings. The Bertz CT molecular complexity index is 551. The van der Waals surface area contributed by atoms with Crippen LogP contribution in [0.15, 0.2) is 28.2 Å². The van der Waals surface area contributed by atoms with E-state index in [-0.39, 0.29) is 12.0 Å². The molecule has 2 heterocycles. The molecule has 0 bridgehead atoms. The minimum Gasteiger partial charge on any atom is -0.395 e. The molecule has 1 saturated carbocycles. The first kappa shape index (κ1) is 11.3. The Balaban J connectivity index is 2.00. The molecular formula is C12H11BrN2OS. The third-order valence-corrected chi connectivity index (χ3v) is 4.76. The number of aliphatic hydroxyl groups excluding tert-OH is 1. The summed E-state index contributed by atoms with van der Waals surface area (Å²) in [5, 5.41) is 9.39. The molecule has 3 rings (SSSR count). The summed E-state index contributed by atoms with van der Waals surface area (Å²) in [5.41, 5.74) is 0.773. The largest absolute Gasteiger partial charge is 0.395 e. The molecule has 88 valence electrons. The van der Waals surface area contributed by atoms with Crippen LogP contribution >= 0.6 is 27.3 Å². The second-order valence-corrected chi connectivity index (χ2v) is 6.77. The number of nitrogens with zero attached hydrogens (tertiary/aromatic N) is 2. The summed E-state index contributed by atoms with van der Waals surface area (Å²) in [6, 6.07) is 5.97. The molecule has 0 spiro atoms. The van der Waals surface area contributed by atoms with Crippen LogP contribution in [0.1, 0.15) is 18.7 Å². The van der Waals surface area contributed by atoms with Gasteiger partial charge in [-0.3, -0.25) is 0 Å². The Morgan fingerprint density at radius 1 is 1.35 bits per heavy atom. The van der Waals surface area contributed by atoms with E-state index < -0.39 is 0 Å². The van der Waals surface area contributed by atoms with E-state index in [2.05, 4.69) is 25.9 Å². The van der Waals surface area contributed by atoms with Gasteiger partial charge in [-0.2, -0.15) is 0 Å². The third-order valence-electron chi connectivity index (χ3n) is 3.11. The topological polar surface area (TPSA) is 46.0 Å². The van der Waals surface area contributed by atoms with Crippen molar-refractivity contribution >= 4 is 27.3 Å². The van der Waals surface area contributed by atoms with Gasteiger partial charge in [0.2, 0.25) is 0 Å². The number of rotatable bonds is 3. The lowest BCUT2D eigenvalue weighted by Gasteiger charge is -2.10. The van der Waals surface area contributed by atoms with Crippen LogP contribution in [0.3, 0.4) is 0 Å². The Hall–Kier alpha value is -0.780. The summed E-state index contributed by atoms with van der Waals surface area (Å²) in [6.07, 6.45) is 3.75. The number of hydrogen-bond acceptors (Lipinski definition) is 4. The van der Waals surface area contributed by atoms with Gasteiger partial charge in [-0.05, 0) is 47.0 Å². The molecule has 0 unspecified atom stereocenters. The molecule has 0 aliphatic heterocycles. The summed E-state index contributed by atoms with van der Waals surface area (Å²) in [6.45, 7) is 0.143. The fourth-order valence-electron chi connectivity index (χ4n) is 1.81. The van der Waals surface area contributed by atoms with E-state index in [0.29, 0.717) is 0 Å². The van der Waals surface area contributed by atoms with Crippen LogP contribution in [-0.2, 0) is 5.41 Å². The predicted octanol–water partition coefficient (Wildman–Crippen LogP) is 2.99. The lowest BCUT2D eigenvalue weighted by molar-refractivity contribution is 0.250. The summed E-state index contributed by atoms with van der Waals surface area (Å²) >= 11 is 5.10. The van der Waals surface area contributed by atoms with Crippen molar-refractivity contribution < 1.29 is 5.11 Å². The molecule has 0 radical (unpaired) electrons. The van der Waals surface area contributed by atoms with Crippen LogP contribution in [0.4, 0.5) is 0 Å². The molecule has 1 aliphatic rings. The average Bonchev–Trinajstić information content (AvgIpc) is 3.06. The Kier molecular flexibility index (Phi) is 2.77. The maximum atomic E-state index is 9.39. The summed E-state index contributed by atoms with van der Waals surface area (Å²) < 4.78 is 1.09. The fourth-order valence-corrected chi connectivity index (χ4v) is 3.16. The van der Waals surface area contributed by atoms with Crippen LogP contribution < -0.4 is 0 Å². The third kappa shape index (κ3) is 2.03. The number of halogens is 1. The fraction of sp³-hybridized carbons (Fsp3) is 0.333. The standard InChI is InChI=1S/C12H11BrN2OS/c13-10-2-1-9(17-10)8-3-6-14-11(15-8)12(7-16)4-5-12/h1-3,6,16H,4-5,7H2. The first-order valence-corrected chi connectivity index (χ1v) is 7.05. The van der Waals surface area contributed by atoms with Crippen molar-refractivity contribution in [1.82, 2.24) is 9.97 Å². The van der Waals surface area contributed by atoms with Gasteiger partial charge >= 0.3 is 0 Å². The minimum atomic E-state index is -0.162. The molecule has 17 heavy (non-hydrogen) atoms. The van der Waals surface area contributed by atoms with Crippen molar-refractivity contribution in [2.45, 2.75) is 18.3 Å². The van der Waals surface area contributed by atoms with Gasteiger partial charge in [0.1, 0.15) is 5.82 Å². The summed E-state index contributed by atoms with van der Waals surface area (Å²) in [7, 11) is 0. The molecule has 5 heteroatoms. The first-order valence-electron chi connectivity index (χ1n) is 5.44. The van der Waals surface area contributed by atoms with Gasteiger partial charge in [-0.25, -0.2) is 9.97 Å². The lowest BCUT2D eigenvalue weighted by Crippen LogP contribution is -2.16. The molecule has 0 aromatic carbocycles. The smallest absolute Gasteiger partial charge is 0.137 e. The second-order valence-electron chi connectivity index (χ2n) is 4.31. The van der Waals surface area contributed by atoms with Gasteiger partial charge in [0.05, 0.1) is 26.4 Å². The van der Waals surface area contributed by atoms with Crippen LogP contribution in [0.2, 0.25) is 0 Å². The second kappa shape index (κ2) is 4.15. The molecule has 1 aliphatic carbocycles. The number of aromatic nitrogens is 2. The SMILES string of the molecule is OCC1(c2nccc(-c3ccc(Br)s3)n2)CC1. The average molecular weight is 311 g/mol. The van der Waals surface area contributed by atoms with Crippen molar-refractivity contribution in [3.63, 3.8) is 0 Å². The molecule has 1 N–H and O–H groups in total. The highest BCUT2D eigenvalue weighted by Crippen LogP contribution is 2.46. The Morgan fingerprint density at radius 3 is 2.76 bits per heavy atom. The number of aliphatic hydroxyl groups is 1. The monoisotopic (exact) mass is 310 g/mol. The number of thiophene rings is 1. The zero-order chi connectivity index (χ0) is 11.9. The molecule has 0 atom stereocenters. The van der Waals surface area contributed by atoms with Gasteiger partial charge in [-0.1, -0.05) is 0 Å². The molecule has 3 nitrogen and oxygen atoms in total. The Morgan fingerprint density at radius 2 is 2.18 bits per heavy atom. The molecule has 2 aromatic heterocycles. The lowest BCUT2D eigenvalue weighted by atomic mass is 10.1. The molecule has 2 aromatic rings. The van der Waals surface area contributed by atoms with Crippen LogP contribution in [0.25, 0.3) is 10.6 Å². The van der Waals surface area contributed by atoms with E-state index in [1.165, 1.54) is 0 Å². The summed E-state index contributed by atoms with van der Waals surface area (Å²) in [5.74, 6) is 0.780. The van der Waals surface area contributed by atoms with E-state index in [4.69, 9.17) is 0 Å². The van der Waals surface area contributed by atoms with E-state index in [1.54, 1.807) is 17.5 Å². The zero-order valence-electron chi connectivity index (χ0n) is 9.06. The van der Waals surface area contributed by atoms with Crippen molar-refractivity contribution in [2.24, 2.45) is 0 Å². The van der Waals surface area contributed by atoms with E-state index in [1.807, 2.05) is 18.2 Å². The van der Waals surface area contributed by atoms with Gasteiger partial charge in [-0.15, -0.1) is 11.3 Å². The number of hydrogen-bond donors (Lipinski definition) is 1. The van der Waals surface area contributed by atoms with Crippen LogP contribution in [0.5, 0.6) is 0 Å². The quantitative estimate of drug-likeness (QED) is 0.948. The maximum Gasteiger partial charge on any atom is 0.137 e. The van der Waals surface area contributed by atoms with Gasteiger partial charge in [0, 0.05) is 6.20 Å². The summed E-state index contributed by atoms with van der Waals surface area (Å²) in [4.78, 5) is 10.00. The highest BCUT2D eigenvalue weighted by Gasteiger charge is 2.46. The van der Waals surface area contributed by atoms with Gasteiger partial charge < -0.3 is 5.11 Å². The molecular weight excluding hydrogens is 300 g/mol. The van der Waals surface area contributed by atoms with Crippen molar-refractivity contribution in [1.29, 1.82) is 0 Å². The van der Waals surface area contributed by atoms with E-state index in [0.717, 1.165) is 33.0 Å². The maximum absolute atomic E-state index is 9.39. The normalized spacial score (nSPS) is 17.1. The van der Waals surface area contributed by atoms with Crippen molar-refractivity contribution in [3.05, 3.63) is 34.0 Å². The predicted molar refractivity (Wildman–Crippen MR) is 71.0 cm³/mol. The molecule has 0 amide bonds. The first-order chi connectivity index (χ1) is 8.23. The van der Waals surface area contributed by atoms with Crippen LogP contribution in [0, 0.1) is 0 Å².